The van der Waals surface area contributed by atoms with Crippen molar-refractivity contribution in [3.8, 4) is 0 Å². The van der Waals surface area contributed by atoms with Crippen LogP contribution in [0.5, 0.6) is 0 Å². The first kappa shape index (κ1) is 7.35. The smallest absolute Gasteiger partial charge is 0.000478 e. The molecule has 0 saturated heterocycles. The summed E-state index contributed by atoms with van der Waals surface area (Å²) in [5.74, 6) is 0.498. The zero-order chi connectivity index (χ0) is 8.39. The Morgan fingerprint density at radius 2 is 2.17 bits per heavy atom. The Balaban J connectivity index is 2.46. The Labute approximate surface area is 73.3 Å². The van der Waals surface area contributed by atoms with Crippen LogP contribution in [0.2, 0.25) is 0 Å². The second-order valence-corrected chi connectivity index (χ2v) is 3.07. The molecule has 2 rings (SSSR count). The quantitative estimate of drug-likeness (QED) is 0.504. The zero-order valence-electron chi connectivity index (χ0n) is 7.12. The average molecular weight is 155 g/mol. The van der Waals surface area contributed by atoms with Gasteiger partial charge in [0.2, 0.25) is 0 Å². The van der Waals surface area contributed by atoms with Crippen molar-refractivity contribution < 1.29 is 0 Å². The van der Waals surface area contributed by atoms with Crippen molar-refractivity contribution in [2.45, 2.75) is 6.92 Å². The molecule has 0 heterocycles. The lowest BCUT2D eigenvalue weighted by Gasteiger charge is -2.15. The number of hydrogen-bond acceptors (Lipinski definition) is 0. The van der Waals surface area contributed by atoms with Crippen molar-refractivity contribution in [3.63, 3.8) is 0 Å². The van der Waals surface area contributed by atoms with E-state index < -0.39 is 0 Å². The molecule has 2 aliphatic carbocycles. The zero-order valence-corrected chi connectivity index (χ0v) is 7.12. The normalized spacial score (nSPS) is 25.9. The van der Waals surface area contributed by atoms with E-state index >= 15 is 0 Å². The van der Waals surface area contributed by atoms with E-state index in [2.05, 4.69) is 43.4 Å². The summed E-state index contributed by atoms with van der Waals surface area (Å²) >= 11 is 0. The minimum atomic E-state index is 0.498. The molecule has 0 amide bonds. The molecule has 0 aliphatic heterocycles. The molecule has 0 fully saturated rings. The lowest BCUT2D eigenvalue weighted by molar-refractivity contribution is 0.867. The summed E-state index contributed by atoms with van der Waals surface area (Å²) in [7, 11) is 0. The summed E-state index contributed by atoms with van der Waals surface area (Å²) in [4.78, 5) is 0. The fourth-order valence-corrected chi connectivity index (χ4v) is 1.49. The van der Waals surface area contributed by atoms with E-state index in [0.717, 1.165) is 0 Å². The van der Waals surface area contributed by atoms with Gasteiger partial charge in [-0.05, 0) is 17.2 Å². The molecule has 0 nitrogen and oxygen atoms in total. The molecule has 0 N–H and O–H groups in total. The third-order valence-corrected chi connectivity index (χ3v) is 2.16. The van der Waals surface area contributed by atoms with Crippen LogP contribution >= 0.6 is 0 Å². The summed E-state index contributed by atoms with van der Waals surface area (Å²) in [6.45, 7) is 2.19. The molecule has 59 valence electrons. The minimum Gasteiger partial charge on any atom is -0.0772 e. The third kappa shape index (κ3) is 1.20. The molecule has 0 aromatic carbocycles. The third-order valence-electron chi connectivity index (χ3n) is 2.16. The highest BCUT2D eigenvalue weighted by Crippen LogP contribution is 2.26. The fraction of sp³-hybridized carbons (Fsp3) is 0.167. The Kier molecular flexibility index (Phi) is 1.83. The van der Waals surface area contributed by atoms with Crippen molar-refractivity contribution in [2.75, 3.05) is 0 Å². The molecule has 0 aromatic rings. The maximum Gasteiger partial charge on any atom is 0.000478 e. The molecular weight excluding hydrogens is 144 g/mol. The van der Waals surface area contributed by atoms with Gasteiger partial charge >= 0.3 is 0 Å². The van der Waals surface area contributed by atoms with E-state index in [9.17, 15) is 0 Å². The van der Waals surface area contributed by atoms with E-state index in [1.807, 2.05) is 12.2 Å². The van der Waals surface area contributed by atoms with Gasteiger partial charge in [-0.25, -0.2) is 0 Å². The van der Waals surface area contributed by atoms with Crippen molar-refractivity contribution in [1.82, 2.24) is 0 Å². The van der Waals surface area contributed by atoms with Gasteiger partial charge in [0.25, 0.3) is 0 Å². The highest BCUT2D eigenvalue weighted by atomic mass is 14.2. The Morgan fingerprint density at radius 3 is 3.08 bits per heavy atom. The fourth-order valence-electron chi connectivity index (χ4n) is 1.49. The maximum absolute atomic E-state index is 3.29. The first-order valence-electron chi connectivity index (χ1n) is 4.23. The van der Waals surface area contributed by atoms with Gasteiger partial charge in [0.15, 0.2) is 0 Å². The Hall–Kier alpha value is -1.30. The molecular formula is C12H11. The van der Waals surface area contributed by atoms with Crippen molar-refractivity contribution >= 4 is 0 Å². The van der Waals surface area contributed by atoms with Crippen LogP contribution < -0.4 is 0 Å². The predicted octanol–water partition coefficient (Wildman–Crippen LogP) is 2.97. The van der Waals surface area contributed by atoms with Gasteiger partial charge in [-0.2, -0.15) is 0 Å². The Bertz CT molecular complexity index is 322. The number of fused-ring (bicyclic) bond motifs is 1. The van der Waals surface area contributed by atoms with E-state index in [0.29, 0.717) is 5.92 Å². The second kappa shape index (κ2) is 2.98. The van der Waals surface area contributed by atoms with Crippen LogP contribution in [0.25, 0.3) is 0 Å². The van der Waals surface area contributed by atoms with E-state index in [1.54, 1.807) is 0 Å². The van der Waals surface area contributed by atoms with E-state index in [1.165, 1.54) is 11.1 Å². The van der Waals surface area contributed by atoms with Gasteiger partial charge in [-0.3, -0.25) is 0 Å². The highest BCUT2D eigenvalue weighted by Gasteiger charge is 2.11. The van der Waals surface area contributed by atoms with Gasteiger partial charge in [0.1, 0.15) is 0 Å². The molecule has 0 saturated carbocycles. The van der Waals surface area contributed by atoms with Crippen LogP contribution in [-0.4, -0.2) is 0 Å². The average Bonchev–Trinajstić information content (AvgIpc) is 2.30. The lowest BCUT2D eigenvalue weighted by atomic mass is 9.89. The maximum atomic E-state index is 3.29. The largest absolute Gasteiger partial charge is 0.0772 e. The molecule has 0 bridgehead atoms. The molecule has 0 heteroatoms. The standard InChI is InChI=1S/C12H11/c1-10-6-5-8-11-7-3-2-4-9-12(10)11/h2-8,10H,1H3. The summed E-state index contributed by atoms with van der Waals surface area (Å²) < 4.78 is 0. The summed E-state index contributed by atoms with van der Waals surface area (Å²) in [5, 5.41) is 0. The van der Waals surface area contributed by atoms with E-state index in [4.69, 9.17) is 0 Å². The molecule has 12 heavy (non-hydrogen) atoms. The van der Waals surface area contributed by atoms with Crippen molar-refractivity contribution in [2.24, 2.45) is 5.92 Å². The molecule has 1 unspecified atom stereocenters. The SMILES string of the molecule is CC1C=CC=C2C=CC=C[C]=C21. The topological polar surface area (TPSA) is 0 Å². The van der Waals surface area contributed by atoms with Crippen LogP contribution in [0.1, 0.15) is 6.92 Å². The number of hydrogen-bond donors (Lipinski definition) is 0. The summed E-state index contributed by atoms with van der Waals surface area (Å²) in [6, 6.07) is 0. The van der Waals surface area contributed by atoms with Crippen LogP contribution in [0.15, 0.2) is 53.7 Å². The second-order valence-electron chi connectivity index (χ2n) is 3.07. The van der Waals surface area contributed by atoms with Gasteiger partial charge < -0.3 is 0 Å². The van der Waals surface area contributed by atoms with E-state index in [-0.39, 0.29) is 0 Å². The van der Waals surface area contributed by atoms with Crippen LogP contribution in [0.3, 0.4) is 0 Å². The highest BCUT2D eigenvalue weighted by molar-refractivity contribution is 5.49. The molecule has 2 aliphatic rings. The number of rotatable bonds is 0. The number of allylic oxidation sites excluding steroid dienone is 10. The van der Waals surface area contributed by atoms with Gasteiger partial charge in [0.05, 0.1) is 0 Å². The van der Waals surface area contributed by atoms with Crippen LogP contribution in [0.4, 0.5) is 0 Å². The first-order valence-corrected chi connectivity index (χ1v) is 4.23. The summed E-state index contributed by atoms with van der Waals surface area (Å²) in [5.41, 5.74) is 2.58. The van der Waals surface area contributed by atoms with Crippen molar-refractivity contribution in [1.29, 1.82) is 0 Å². The van der Waals surface area contributed by atoms with Gasteiger partial charge in [0, 0.05) is 5.92 Å². The molecule has 1 atom stereocenters. The molecule has 1 radical (unpaired) electrons. The Morgan fingerprint density at radius 1 is 1.25 bits per heavy atom. The predicted molar refractivity (Wildman–Crippen MR) is 51.4 cm³/mol. The van der Waals surface area contributed by atoms with Crippen LogP contribution in [0, 0.1) is 12.0 Å². The summed E-state index contributed by atoms with van der Waals surface area (Å²) in [6.07, 6.45) is 17.9. The minimum absolute atomic E-state index is 0.498. The monoisotopic (exact) mass is 155 g/mol. The molecule has 0 aromatic heterocycles. The van der Waals surface area contributed by atoms with Crippen molar-refractivity contribution in [3.05, 3.63) is 59.8 Å². The first-order chi connectivity index (χ1) is 5.88. The molecule has 0 spiro atoms. The van der Waals surface area contributed by atoms with Crippen LogP contribution in [-0.2, 0) is 0 Å². The van der Waals surface area contributed by atoms with Gasteiger partial charge in [-0.1, -0.05) is 49.5 Å². The van der Waals surface area contributed by atoms with Gasteiger partial charge in [-0.15, -0.1) is 0 Å². The lowest BCUT2D eigenvalue weighted by Crippen LogP contribution is -2.01.